The number of aryl methyl sites for hydroxylation is 1. The molecule has 0 spiro atoms. The first-order valence-electron chi connectivity index (χ1n) is 9.28. The third-order valence-corrected chi connectivity index (χ3v) is 5.98. The van der Waals surface area contributed by atoms with Crippen LogP contribution in [0.15, 0.2) is 71.5 Å². The number of anilines is 1. The number of thiazole rings is 1. The molecule has 0 atom stereocenters. The van der Waals surface area contributed by atoms with Crippen LogP contribution in [0, 0.1) is 6.92 Å². The molecule has 5 nitrogen and oxygen atoms in total. The Morgan fingerprint density at radius 1 is 0.966 bits per heavy atom. The van der Waals surface area contributed by atoms with Crippen molar-refractivity contribution in [3.05, 3.63) is 82.5 Å². The molecule has 1 amide bonds. The maximum Gasteiger partial charge on any atom is 0.246 e. The minimum atomic E-state index is -0.180. The zero-order valence-electron chi connectivity index (χ0n) is 15.7. The number of aromatic nitrogens is 2. The summed E-state index contributed by atoms with van der Waals surface area (Å²) in [4.78, 5) is 30.3. The zero-order valence-corrected chi connectivity index (χ0v) is 16.5. The maximum absolute atomic E-state index is 12.9. The normalized spacial score (nSPS) is 11.3. The number of pyridine rings is 1. The maximum atomic E-state index is 12.9. The lowest BCUT2D eigenvalue weighted by Gasteiger charge is -2.14. The average Bonchev–Trinajstić information content (AvgIpc) is 3.15. The van der Waals surface area contributed by atoms with Crippen LogP contribution in [-0.2, 0) is 11.3 Å². The third-order valence-electron chi connectivity index (χ3n) is 5.05. The van der Waals surface area contributed by atoms with Gasteiger partial charge in [0, 0.05) is 10.8 Å². The predicted octanol–water partition coefficient (Wildman–Crippen LogP) is 4.71. The summed E-state index contributed by atoms with van der Waals surface area (Å²) in [6.45, 7) is 2.10. The lowest BCUT2D eigenvalue weighted by molar-refractivity contribution is -0.116. The molecule has 0 aliphatic carbocycles. The van der Waals surface area contributed by atoms with Gasteiger partial charge >= 0.3 is 0 Å². The SMILES string of the molecule is Cc1cccc2sc(NC(=O)Cn3c4ccccc4c(=O)c4ccccc43)nc12. The molecule has 29 heavy (non-hydrogen) atoms. The first-order chi connectivity index (χ1) is 14.1. The van der Waals surface area contributed by atoms with E-state index in [1.165, 1.54) is 11.3 Å². The van der Waals surface area contributed by atoms with Gasteiger partial charge in [-0.3, -0.25) is 9.59 Å². The van der Waals surface area contributed by atoms with Gasteiger partial charge in [0.15, 0.2) is 10.6 Å². The summed E-state index contributed by atoms with van der Waals surface area (Å²) in [5.74, 6) is -0.180. The van der Waals surface area contributed by atoms with E-state index in [1.807, 2.05) is 66.1 Å². The van der Waals surface area contributed by atoms with E-state index in [2.05, 4.69) is 10.3 Å². The Kier molecular flexibility index (Phi) is 4.14. The summed E-state index contributed by atoms with van der Waals surface area (Å²) in [5.41, 5.74) is 3.45. The highest BCUT2D eigenvalue weighted by molar-refractivity contribution is 7.22. The Hall–Kier alpha value is -3.51. The Bertz CT molecular complexity index is 1410. The number of nitrogens with zero attached hydrogens (tertiary/aromatic N) is 2. The number of nitrogens with one attached hydrogen (secondary N) is 1. The minimum absolute atomic E-state index is 0.0190. The van der Waals surface area contributed by atoms with Crippen LogP contribution < -0.4 is 10.7 Å². The summed E-state index contributed by atoms with van der Waals surface area (Å²) < 4.78 is 2.93. The summed E-state index contributed by atoms with van der Waals surface area (Å²) in [6, 6.07) is 20.8. The van der Waals surface area contributed by atoms with E-state index < -0.39 is 0 Å². The predicted molar refractivity (Wildman–Crippen MR) is 119 cm³/mol. The van der Waals surface area contributed by atoms with Gasteiger partial charge in [-0.15, -0.1) is 0 Å². The molecule has 0 saturated heterocycles. The van der Waals surface area contributed by atoms with Crippen LogP contribution in [0.25, 0.3) is 32.0 Å². The number of amides is 1. The molecule has 0 unspecified atom stereocenters. The Morgan fingerprint density at radius 3 is 2.28 bits per heavy atom. The number of benzene rings is 3. The van der Waals surface area contributed by atoms with Crippen molar-refractivity contribution >= 4 is 54.4 Å². The quantitative estimate of drug-likeness (QED) is 0.447. The van der Waals surface area contributed by atoms with Crippen LogP contribution in [0.2, 0.25) is 0 Å². The summed E-state index contributed by atoms with van der Waals surface area (Å²) in [5, 5.41) is 4.71. The smallest absolute Gasteiger partial charge is 0.246 e. The molecule has 0 radical (unpaired) electrons. The Balaban J connectivity index is 1.56. The monoisotopic (exact) mass is 399 g/mol. The van der Waals surface area contributed by atoms with Gasteiger partial charge in [0.25, 0.3) is 0 Å². The van der Waals surface area contributed by atoms with Crippen molar-refractivity contribution in [2.75, 3.05) is 5.32 Å². The van der Waals surface area contributed by atoms with Gasteiger partial charge in [0.05, 0.1) is 21.3 Å². The van der Waals surface area contributed by atoms with Gasteiger partial charge in [-0.25, -0.2) is 4.98 Å². The molecule has 0 bridgehead atoms. The number of rotatable bonds is 3. The van der Waals surface area contributed by atoms with Crippen LogP contribution in [-0.4, -0.2) is 15.5 Å². The standard InChI is InChI=1S/C23H17N3O2S/c1-14-7-6-12-19-21(14)25-23(29-19)24-20(27)13-26-17-10-4-2-8-15(17)22(28)16-9-3-5-11-18(16)26/h2-12H,13H2,1H3,(H,24,25,27). The Labute approximate surface area is 170 Å². The summed E-state index contributed by atoms with van der Waals surface area (Å²) in [7, 11) is 0. The van der Waals surface area contributed by atoms with E-state index in [0.717, 1.165) is 26.8 Å². The average molecular weight is 399 g/mol. The molecule has 2 heterocycles. The highest BCUT2D eigenvalue weighted by Gasteiger charge is 2.14. The number of carbonyl (C=O) groups excluding carboxylic acids is 1. The van der Waals surface area contributed by atoms with E-state index >= 15 is 0 Å². The molecule has 5 rings (SSSR count). The fourth-order valence-electron chi connectivity index (χ4n) is 3.69. The lowest BCUT2D eigenvalue weighted by Crippen LogP contribution is -2.21. The first-order valence-corrected chi connectivity index (χ1v) is 10.1. The summed E-state index contributed by atoms with van der Waals surface area (Å²) >= 11 is 1.46. The van der Waals surface area contributed by atoms with Crippen molar-refractivity contribution in [3.8, 4) is 0 Å². The van der Waals surface area contributed by atoms with Gasteiger partial charge < -0.3 is 9.88 Å². The molecule has 0 aliphatic rings. The van der Waals surface area contributed by atoms with Crippen molar-refractivity contribution in [2.24, 2.45) is 0 Å². The number of hydrogen-bond acceptors (Lipinski definition) is 4. The molecule has 3 aromatic carbocycles. The van der Waals surface area contributed by atoms with Crippen LogP contribution >= 0.6 is 11.3 Å². The second kappa shape index (κ2) is 6.83. The van der Waals surface area contributed by atoms with Crippen LogP contribution in [0.1, 0.15) is 5.56 Å². The van der Waals surface area contributed by atoms with Crippen molar-refractivity contribution in [2.45, 2.75) is 13.5 Å². The van der Waals surface area contributed by atoms with E-state index in [0.29, 0.717) is 15.9 Å². The second-order valence-corrected chi connectivity index (χ2v) is 7.97. The molecule has 5 aromatic rings. The van der Waals surface area contributed by atoms with E-state index in [-0.39, 0.29) is 17.9 Å². The molecule has 0 aliphatic heterocycles. The highest BCUT2D eigenvalue weighted by Crippen LogP contribution is 2.28. The molecule has 0 fully saturated rings. The van der Waals surface area contributed by atoms with Crippen LogP contribution in [0.4, 0.5) is 5.13 Å². The summed E-state index contributed by atoms with van der Waals surface area (Å²) in [6.07, 6.45) is 0. The van der Waals surface area contributed by atoms with E-state index in [1.54, 1.807) is 12.1 Å². The third kappa shape index (κ3) is 2.98. The number of fused-ring (bicyclic) bond motifs is 3. The first kappa shape index (κ1) is 17.6. The zero-order chi connectivity index (χ0) is 20.0. The topological polar surface area (TPSA) is 64.0 Å². The number of hydrogen-bond donors (Lipinski definition) is 1. The lowest BCUT2D eigenvalue weighted by atomic mass is 10.1. The van der Waals surface area contributed by atoms with Crippen molar-refractivity contribution in [1.29, 1.82) is 0 Å². The van der Waals surface area contributed by atoms with Gasteiger partial charge in [0.1, 0.15) is 6.54 Å². The fourth-order valence-corrected chi connectivity index (χ4v) is 4.65. The van der Waals surface area contributed by atoms with Crippen molar-refractivity contribution in [1.82, 2.24) is 9.55 Å². The molecule has 142 valence electrons. The molecule has 6 heteroatoms. The van der Waals surface area contributed by atoms with Gasteiger partial charge in [0.2, 0.25) is 5.91 Å². The minimum Gasteiger partial charge on any atom is -0.331 e. The van der Waals surface area contributed by atoms with Crippen LogP contribution in [0.3, 0.4) is 0 Å². The molecular formula is C23H17N3O2S. The molecule has 2 aromatic heterocycles. The van der Waals surface area contributed by atoms with Gasteiger partial charge in [-0.05, 0) is 42.8 Å². The number of para-hydroxylation sites is 3. The van der Waals surface area contributed by atoms with E-state index in [9.17, 15) is 9.59 Å². The second-order valence-electron chi connectivity index (χ2n) is 6.94. The Morgan fingerprint density at radius 2 is 1.62 bits per heavy atom. The largest absolute Gasteiger partial charge is 0.331 e. The molecular weight excluding hydrogens is 382 g/mol. The van der Waals surface area contributed by atoms with Gasteiger partial charge in [-0.2, -0.15) is 0 Å². The van der Waals surface area contributed by atoms with E-state index in [4.69, 9.17) is 0 Å². The number of carbonyl (C=O) groups is 1. The molecule has 0 saturated carbocycles. The van der Waals surface area contributed by atoms with Crippen molar-refractivity contribution < 1.29 is 4.79 Å². The molecule has 1 N–H and O–H groups in total. The highest BCUT2D eigenvalue weighted by atomic mass is 32.1. The van der Waals surface area contributed by atoms with Gasteiger partial charge in [-0.1, -0.05) is 47.7 Å². The fraction of sp³-hybridized carbons (Fsp3) is 0.0870. The van der Waals surface area contributed by atoms with Crippen molar-refractivity contribution in [3.63, 3.8) is 0 Å². The van der Waals surface area contributed by atoms with Crippen LogP contribution in [0.5, 0.6) is 0 Å².